The summed E-state index contributed by atoms with van der Waals surface area (Å²) in [7, 11) is 1.93. The second-order valence-corrected chi connectivity index (χ2v) is 4.93. The van der Waals surface area contributed by atoms with E-state index in [0.29, 0.717) is 11.7 Å². The molecule has 4 nitrogen and oxygen atoms in total. The molecule has 0 unspecified atom stereocenters. The molecule has 0 saturated heterocycles. The molecule has 100 valence electrons. The Balaban J connectivity index is 1.90. The van der Waals surface area contributed by atoms with Crippen LogP contribution >= 0.6 is 12.2 Å². The van der Waals surface area contributed by atoms with Crippen LogP contribution in [0.3, 0.4) is 0 Å². The monoisotopic (exact) mass is 274 g/mol. The molecular weight excluding hydrogens is 256 g/mol. The lowest BCUT2D eigenvalue weighted by Crippen LogP contribution is -2.28. The summed E-state index contributed by atoms with van der Waals surface area (Å²) in [6.45, 7) is 4.70. The predicted molar refractivity (Wildman–Crippen MR) is 82.2 cm³/mol. The number of benzene rings is 1. The molecule has 0 saturated carbocycles. The number of hydrogen-bond acceptors (Lipinski definition) is 2. The van der Waals surface area contributed by atoms with Gasteiger partial charge in [0.1, 0.15) is 0 Å². The van der Waals surface area contributed by atoms with E-state index in [-0.39, 0.29) is 0 Å². The van der Waals surface area contributed by atoms with Crippen molar-refractivity contribution in [1.29, 1.82) is 0 Å². The van der Waals surface area contributed by atoms with Crippen molar-refractivity contribution < 1.29 is 0 Å². The van der Waals surface area contributed by atoms with E-state index < -0.39 is 0 Å². The first-order chi connectivity index (χ1) is 9.06. The molecule has 19 heavy (non-hydrogen) atoms. The maximum Gasteiger partial charge on any atom is 0.171 e. The van der Waals surface area contributed by atoms with Crippen LogP contribution in [-0.2, 0) is 13.6 Å². The first kappa shape index (κ1) is 13.5. The molecule has 0 aliphatic carbocycles. The Bertz CT molecular complexity index is 569. The minimum Gasteiger partial charge on any atom is -0.357 e. The van der Waals surface area contributed by atoms with Crippen molar-refractivity contribution in [3.8, 4) is 0 Å². The summed E-state index contributed by atoms with van der Waals surface area (Å²) in [6, 6.07) is 10.1. The van der Waals surface area contributed by atoms with E-state index >= 15 is 0 Å². The molecule has 2 aromatic rings. The lowest BCUT2D eigenvalue weighted by atomic mass is 10.2. The van der Waals surface area contributed by atoms with E-state index in [0.717, 1.165) is 17.1 Å². The molecule has 1 aromatic carbocycles. The van der Waals surface area contributed by atoms with Gasteiger partial charge in [-0.1, -0.05) is 18.2 Å². The largest absolute Gasteiger partial charge is 0.357 e. The SMILES string of the molecule is Cc1ccccc1NC(=S)NCc1cc(C)n(C)n1. The summed E-state index contributed by atoms with van der Waals surface area (Å²) < 4.78 is 1.86. The van der Waals surface area contributed by atoms with Gasteiger partial charge < -0.3 is 10.6 Å². The molecule has 0 aliphatic rings. The van der Waals surface area contributed by atoms with Crippen molar-refractivity contribution in [2.24, 2.45) is 7.05 Å². The first-order valence-corrected chi connectivity index (χ1v) is 6.57. The van der Waals surface area contributed by atoms with Crippen molar-refractivity contribution in [2.45, 2.75) is 20.4 Å². The molecule has 0 fully saturated rings. The first-order valence-electron chi connectivity index (χ1n) is 6.16. The fourth-order valence-corrected chi connectivity index (χ4v) is 1.95. The van der Waals surface area contributed by atoms with Crippen LogP contribution in [-0.4, -0.2) is 14.9 Å². The van der Waals surface area contributed by atoms with Gasteiger partial charge in [-0.25, -0.2) is 0 Å². The standard InChI is InChI=1S/C14H18N4S/c1-10-6-4-5-7-13(10)16-14(19)15-9-12-8-11(2)18(3)17-12/h4-8H,9H2,1-3H3,(H2,15,16,19). The number of nitrogens with zero attached hydrogens (tertiary/aromatic N) is 2. The maximum absolute atomic E-state index is 5.28. The van der Waals surface area contributed by atoms with E-state index in [4.69, 9.17) is 12.2 Å². The zero-order valence-electron chi connectivity index (χ0n) is 11.4. The number of aromatic nitrogens is 2. The highest BCUT2D eigenvalue weighted by atomic mass is 32.1. The topological polar surface area (TPSA) is 41.9 Å². The van der Waals surface area contributed by atoms with Crippen molar-refractivity contribution in [1.82, 2.24) is 15.1 Å². The minimum absolute atomic E-state index is 0.609. The van der Waals surface area contributed by atoms with Gasteiger partial charge in [0, 0.05) is 18.4 Å². The highest BCUT2D eigenvalue weighted by Crippen LogP contribution is 2.12. The second-order valence-electron chi connectivity index (χ2n) is 4.52. The predicted octanol–water partition coefficient (Wildman–Crippen LogP) is 2.52. The molecule has 2 N–H and O–H groups in total. The van der Waals surface area contributed by atoms with Crippen molar-refractivity contribution in [2.75, 3.05) is 5.32 Å². The van der Waals surface area contributed by atoms with Crippen molar-refractivity contribution in [3.63, 3.8) is 0 Å². The fourth-order valence-electron chi connectivity index (χ4n) is 1.77. The smallest absolute Gasteiger partial charge is 0.171 e. The highest BCUT2D eigenvalue weighted by Gasteiger charge is 2.03. The lowest BCUT2D eigenvalue weighted by Gasteiger charge is -2.11. The van der Waals surface area contributed by atoms with Crippen LogP contribution in [0.15, 0.2) is 30.3 Å². The van der Waals surface area contributed by atoms with E-state index in [1.807, 2.05) is 55.9 Å². The Morgan fingerprint density at radius 3 is 2.68 bits per heavy atom. The van der Waals surface area contributed by atoms with Crippen LogP contribution in [0.25, 0.3) is 0 Å². The molecule has 0 spiro atoms. The highest BCUT2D eigenvalue weighted by molar-refractivity contribution is 7.80. The van der Waals surface area contributed by atoms with Gasteiger partial charge in [0.2, 0.25) is 0 Å². The lowest BCUT2D eigenvalue weighted by molar-refractivity contribution is 0.712. The van der Waals surface area contributed by atoms with Crippen molar-refractivity contribution >= 4 is 23.0 Å². The molecule has 0 radical (unpaired) electrons. The molecule has 0 amide bonds. The number of thiocarbonyl (C=S) groups is 1. The van der Waals surface area contributed by atoms with Crippen LogP contribution in [0, 0.1) is 13.8 Å². The summed E-state index contributed by atoms with van der Waals surface area (Å²) in [5.41, 5.74) is 4.31. The molecular formula is C14H18N4S. The Morgan fingerprint density at radius 1 is 1.32 bits per heavy atom. The zero-order chi connectivity index (χ0) is 13.8. The molecule has 0 bridgehead atoms. The quantitative estimate of drug-likeness (QED) is 0.844. The molecule has 0 aliphatic heterocycles. The van der Waals surface area contributed by atoms with Gasteiger partial charge in [0.05, 0.1) is 12.2 Å². The number of para-hydroxylation sites is 1. The molecule has 0 atom stereocenters. The van der Waals surface area contributed by atoms with Gasteiger partial charge in [-0.05, 0) is 43.8 Å². The zero-order valence-corrected chi connectivity index (χ0v) is 12.2. The molecule has 1 aromatic heterocycles. The third-order valence-electron chi connectivity index (χ3n) is 2.99. The summed E-state index contributed by atoms with van der Waals surface area (Å²) >= 11 is 5.28. The second kappa shape index (κ2) is 5.84. The van der Waals surface area contributed by atoms with Gasteiger partial charge in [0.15, 0.2) is 5.11 Å². The number of rotatable bonds is 3. The average Bonchev–Trinajstić information content (AvgIpc) is 2.69. The maximum atomic E-state index is 5.28. The van der Waals surface area contributed by atoms with E-state index in [9.17, 15) is 0 Å². The van der Waals surface area contributed by atoms with Crippen LogP contribution < -0.4 is 10.6 Å². The third kappa shape index (κ3) is 3.54. The van der Waals surface area contributed by atoms with E-state index in [1.165, 1.54) is 5.56 Å². The van der Waals surface area contributed by atoms with Crippen LogP contribution in [0.4, 0.5) is 5.69 Å². The number of hydrogen-bond donors (Lipinski definition) is 2. The van der Waals surface area contributed by atoms with Crippen LogP contribution in [0.1, 0.15) is 17.0 Å². The molecule has 2 rings (SSSR count). The number of aryl methyl sites for hydroxylation is 3. The third-order valence-corrected chi connectivity index (χ3v) is 3.23. The summed E-state index contributed by atoms with van der Waals surface area (Å²) in [4.78, 5) is 0. The Labute approximate surface area is 118 Å². The summed E-state index contributed by atoms with van der Waals surface area (Å²) in [6.07, 6.45) is 0. The van der Waals surface area contributed by atoms with E-state index in [2.05, 4.69) is 15.7 Å². The minimum atomic E-state index is 0.609. The molecule has 5 heteroatoms. The summed E-state index contributed by atoms with van der Waals surface area (Å²) in [5, 5.41) is 11.3. The van der Waals surface area contributed by atoms with E-state index in [1.54, 1.807) is 0 Å². The molecule has 1 heterocycles. The Kier molecular flexibility index (Phi) is 4.16. The van der Waals surface area contributed by atoms with Crippen LogP contribution in [0.2, 0.25) is 0 Å². The van der Waals surface area contributed by atoms with Gasteiger partial charge in [-0.15, -0.1) is 0 Å². The van der Waals surface area contributed by atoms with Gasteiger partial charge in [-0.3, -0.25) is 4.68 Å². The Hall–Kier alpha value is -1.88. The average molecular weight is 274 g/mol. The van der Waals surface area contributed by atoms with Gasteiger partial charge >= 0.3 is 0 Å². The van der Waals surface area contributed by atoms with Crippen molar-refractivity contribution in [3.05, 3.63) is 47.3 Å². The van der Waals surface area contributed by atoms with Gasteiger partial charge in [-0.2, -0.15) is 5.10 Å². The fraction of sp³-hybridized carbons (Fsp3) is 0.286. The number of anilines is 1. The van der Waals surface area contributed by atoms with Crippen LogP contribution in [0.5, 0.6) is 0 Å². The Morgan fingerprint density at radius 2 is 2.05 bits per heavy atom. The van der Waals surface area contributed by atoms with Gasteiger partial charge in [0.25, 0.3) is 0 Å². The normalized spacial score (nSPS) is 10.3. The summed E-state index contributed by atoms with van der Waals surface area (Å²) in [5.74, 6) is 0. The number of nitrogens with one attached hydrogen (secondary N) is 2.